The molecule has 0 aliphatic carbocycles. The van der Waals surface area contributed by atoms with Gasteiger partial charge >= 0.3 is 0 Å². The fourth-order valence-corrected chi connectivity index (χ4v) is 3.48. The summed E-state index contributed by atoms with van der Waals surface area (Å²) in [7, 11) is 0. The smallest absolute Gasteiger partial charge is 0.267 e. The van der Waals surface area contributed by atoms with Crippen LogP contribution in [-0.2, 0) is 11.2 Å². The van der Waals surface area contributed by atoms with Gasteiger partial charge in [-0.3, -0.25) is 9.59 Å². The first-order valence-electron chi connectivity index (χ1n) is 8.70. The first kappa shape index (κ1) is 17.6. The minimum Gasteiger partial charge on any atom is -0.492 e. The van der Waals surface area contributed by atoms with Gasteiger partial charge in [-0.15, -0.1) is 0 Å². The van der Waals surface area contributed by atoms with Crippen LogP contribution in [0.1, 0.15) is 22.5 Å². The number of fused-ring (bicyclic) bond motifs is 2. The summed E-state index contributed by atoms with van der Waals surface area (Å²) in [4.78, 5) is 26.8. The fourth-order valence-electron chi connectivity index (χ4n) is 3.10. The Morgan fingerprint density at radius 1 is 1.15 bits per heavy atom. The molecule has 1 aliphatic rings. The number of hydrogen-bond donors (Lipinski definition) is 3. The number of rotatable bonds is 5. The molecule has 1 aliphatic heterocycles. The summed E-state index contributed by atoms with van der Waals surface area (Å²) in [5.74, 6) is 0.608. The molecule has 0 spiro atoms. The lowest BCUT2D eigenvalue weighted by Gasteiger charge is -2.17. The third-order valence-corrected chi connectivity index (χ3v) is 4.95. The predicted molar refractivity (Wildman–Crippen MR) is 107 cm³/mol. The molecule has 1 aromatic heterocycles. The van der Waals surface area contributed by atoms with Crippen molar-refractivity contribution in [2.75, 3.05) is 18.5 Å². The van der Waals surface area contributed by atoms with Crippen LogP contribution in [0.4, 0.5) is 5.69 Å². The fraction of sp³-hybridized carbons (Fsp3) is 0.200. The molecular weight excluding hydrogens is 410 g/mol. The second-order valence-corrected chi connectivity index (χ2v) is 7.30. The Morgan fingerprint density at radius 2 is 2.04 bits per heavy atom. The summed E-state index contributed by atoms with van der Waals surface area (Å²) in [6.45, 7) is 0.758. The number of ether oxygens (including phenoxy) is 1. The minimum absolute atomic E-state index is 0.0446. The summed E-state index contributed by atoms with van der Waals surface area (Å²) in [5.41, 5.74) is 3.35. The highest BCUT2D eigenvalue weighted by Crippen LogP contribution is 2.26. The second-order valence-electron chi connectivity index (χ2n) is 6.39. The molecule has 2 aromatic carbocycles. The average molecular weight is 428 g/mol. The van der Waals surface area contributed by atoms with Gasteiger partial charge in [-0.1, -0.05) is 15.9 Å². The molecule has 4 rings (SSSR count). The third kappa shape index (κ3) is 3.98. The van der Waals surface area contributed by atoms with Gasteiger partial charge in [-0.25, -0.2) is 0 Å². The highest BCUT2D eigenvalue weighted by Gasteiger charge is 2.15. The average Bonchev–Trinajstić information content (AvgIpc) is 3.08. The number of aromatic amines is 1. The molecule has 3 N–H and O–H groups in total. The number of nitrogens with one attached hydrogen (secondary N) is 3. The molecule has 7 heteroatoms. The molecule has 27 heavy (non-hydrogen) atoms. The van der Waals surface area contributed by atoms with Crippen LogP contribution in [0.5, 0.6) is 5.75 Å². The number of halogens is 1. The lowest BCUT2D eigenvalue weighted by Crippen LogP contribution is -2.28. The summed E-state index contributed by atoms with van der Waals surface area (Å²) < 4.78 is 6.69. The minimum atomic E-state index is -0.168. The van der Waals surface area contributed by atoms with Crippen molar-refractivity contribution in [3.63, 3.8) is 0 Å². The molecule has 2 heterocycles. The Bertz CT molecular complexity index is 1030. The van der Waals surface area contributed by atoms with Crippen molar-refractivity contribution in [2.24, 2.45) is 0 Å². The van der Waals surface area contributed by atoms with Gasteiger partial charge < -0.3 is 20.4 Å². The van der Waals surface area contributed by atoms with Gasteiger partial charge in [-0.05, 0) is 54.4 Å². The van der Waals surface area contributed by atoms with Crippen molar-refractivity contribution in [3.8, 4) is 5.75 Å². The van der Waals surface area contributed by atoms with Gasteiger partial charge in [0.05, 0.1) is 6.54 Å². The standard InChI is InChI=1S/C20H18BrN3O3/c21-14-2-4-17-13(9-14)11-18(23-17)20(26)22-7-8-27-15-3-5-16-12(10-15)1-6-19(25)24-16/h2-5,9-11,23H,1,6-8H2,(H,22,26)(H,24,25). The Kier molecular flexibility index (Phi) is 4.85. The molecule has 0 unspecified atom stereocenters. The van der Waals surface area contributed by atoms with E-state index >= 15 is 0 Å². The maximum atomic E-state index is 12.3. The summed E-state index contributed by atoms with van der Waals surface area (Å²) in [6.07, 6.45) is 1.21. The number of benzene rings is 2. The maximum Gasteiger partial charge on any atom is 0.267 e. The molecule has 0 radical (unpaired) electrons. The van der Waals surface area contributed by atoms with Crippen LogP contribution in [0.2, 0.25) is 0 Å². The molecule has 3 aromatic rings. The van der Waals surface area contributed by atoms with Gasteiger partial charge in [-0.2, -0.15) is 0 Å². The zero-order valence-electron chi connectivity index (χ0n) is 14.5. The van der Waals surface area contributed by atoms with Crippen molar-refractivity contribution in [1.29, 1.82) is 0 Å². The number of H-pyrrole nitrogens is 1. The number of carbonyl (C=O) groups is 2. The van der Waals surface area contributed by atoms with Crippen molar-refractivity contribution in [3.05, 3.63) is 58.2 Å². The van der Waals surface area contributed by atoms with E-state index in [1.807, 2.05) is 42.5 Å². The summed E-state index contributed by atoms with van der Waals surface area (Å²) in [5, 5.41) is 6.67. The van der Waals surface area contributed by atoms with E-state index in [1.54, 1.807) is 0 Å². The molecule has 0 atom stereocenters. The summed E-state index contributed by atoms with van der Waals surface area (Å²) >= 11 is 3.43. The Morgan fingerprint density at radius 3 is 2.93 bits per heavy atom. The van der Waals surface area contributed by atoms with Crippen molar-refractivity contribution >= 4 is 44.3 Å². The van der Waals surface area contributed by atoms with Crippen LogP contribution >= 0.6 is 15.9 Å². The van der Waals surface area contributed by atoms with Gasteiger partial charge in [0.25, 0.3) is 5.91 Å². The highest BCUT2D eigenvalue weighted by atomic mass is 79.9. The van der Waals surface area contributed by atoms with E-state index in [9.17, 15) is 9.59 Å². The van der Waals surface area contributed by atoms with E-state index in [0.29, 0.717) is 31.7 Å². The molecule has 0 saturated heterocycles. The lowest BCUT2D eigenvalue weighted by molar-refractivity contribution is -0.116. The van der Waals surface area contributed by atoms with E-state index in [4.69, 9.17) is 4.74 Å². The molecular formula is C20H18BrN3O3. The number of amides is 2. The monoisotopic (exact) mass is 427 g/mol. The van der Waals surface area contributed by atoms with Crippen LogP contribution in [-0.4, -0.2) is 29.9 Å². The van der Waals surface area contributed by atoms with Crippen molar-refractivity contribution in [1.82, 2.24) is 10.3 Å². The number of hydrogen-bond acceptors (Lipinski definition) is 3. The molecule has 0 saturated carbocycles. The normalized spacial score (nSPS) is 13.1. The Hall–Kier alpha value is -2.80. The first-order valence-corrected chi connectivity index (χ1v) is 9.50. The topological polar surface area (TPSA) is 83.2 Å². The van der Waals surface area contributed by atoms with Crippen LogP contribution in [0.3, 0.4) is 0 Å². The Balaban J connectivity index is 1.30. The van der Waals surface area contributed by atoms with Crippen LogP contribution in [0, 0.1) is 0 Å². The second kappa shape index (κ2) is 7.44. The van der Waals surface area contributed by atoms with E-state index in [1.165, 1.54) is 0 Å². The van der Waals surface area contributed by atoms with E-state index in [-0.39, 0.29) is 11.8 Å². The number of anilines is 1. The van der Waals surface area contributed by atoms with E-state index < -0.39 is 0 Å². The molecule has 2 amide bonds. The van der Waals surface area contributed by atoms with Gasteiger partial charge in [0, 0.05) is 27.5 Å². The SMILES string of the molecule is O=C1CCc2cc(OCCNC(=O)c3cc4cc(Br)ccc4[nH]3)ccc2N1. The quantitative estimate of drug-likeness (QED) is 0.543. The highest BCUT2D eigenvalue weighted by molar-refractivity contribution is 9.10. The molecule has 0 fully saturated rings. The van der Waals surface area contributed by atoms with Gasteiger partial charge in [0.1, 0.15) is 18.1 Å². The lowest BCUT2D eigenvalue weighted by atomic mass is 10.0. The zero-order chi connectivity index (χ0) is 18.8. The van der Waals surface area contributed by atoms with Crippen LogP contribution in [0.25, 0.3) is 10.9 Å². The van der Waals surface area contributed by atoms with Crippen molar-refractivity contribution < 1.29 is 14.3 Å². The first-order chi connectivity index (χ1) is 13.1. The molecule has 6 nitrogen and oxygen atoms in total. The van der Waals surface area contributed by atoms with Crippen molar-refractivity contribution in [2.45, 2.75) is 12.8 Å². The maximum absolute atomic E-state index is 12.3. The number of carbonyl (C=O) groups excluding carboxylic acids is 2. The third-order valence-electron chi connectivity index (χ3n) is 4.46. The van der Waals surface area contributed by atoms with E-state index in [0.717, 1.165) is 32.4 Å². The Labute approximate surface area is 164 Å². The molecule has 0 bridgehead atoms. The van der Waals surface area contributed by atoms with Crippen LogP contribution in [0.15, 0.2) is 46.9 Å². The van der Waals surface area contributed by atoms with Gasteiger partial charge in [0.15, 0.2) is 0 Å². The molecule has 138 valence electrons. The van der Waals surface area contributed by atoms with Crippen LogP contribution < -0.4 is 15.4 Å². The largest absolute Gasteiger partial charge is 0.492 e. The number of aromatic nitrogens is 1. The zero-order valence-corrected chi connectivity index (χ0v) is 16.1. The van der Waals surface area contributed by atoms with Gasteiger partial charge in [0.2, 0.25) is 5.91 Å². The number of aryl methyl sites for hydroxylation is 1. The summed E-state index contributed by atoms with van der Waals surface area (Å²) in [6, 6.07) is 13.3. The predicted octanol–water partition coefficient (Wildman–Crippen LogP) is 3.62. The van der Waals surface area contributed by atoms with E-state index in [2.05, 4.69) is 31.5 Å².